The Morgan fingerprint density at radius 2 is 1.84 bits per heavy atom. The highest BCUT2D eigenvalue weighted by molar-refractivity contribution is 5.30. The van der Waals surface area contributed by atoms with Crippen molar-refractivity contribution >= 4 is 0 Å². The summed E-state index contributed by atoms with van der Waals surface area (Å²) >= 11 is 0. The highest BCUT2D eigenvalue weighted by Gasteiger charge is 2.06. The van der Waals surface area contributed by atoms with Crippen LogP contribution in [-0.2, 0) is 13.2 Å². The zero-order valence-electron chi connectivity index (χ0n) is 14.2. The average molecular weight is 334 g/mol. The lowest BCUT2D eigenvalue weighted by molar-refractivity contribution is 0.305. The molecule has 0 spiro atoms. The Hall–Kier alpha value is -2.85. The maximum Gasteiger partial charge on any atom is 0.119 e. The van der Waals surface area contributed by atoms with Crippen LogP contribution in [0.3, 0.4) is 0 Å². The number of nitrogens with zero attached hydrogens (tertiary/aromatic N) is 1. The van der Waals surface area contributed by atoms with E-state index in [0.29, 0.717) is 18.9 Å². The molecule has 0 saturated heterocycles. The van der Waals surface area contributed by atoms with Crippen LogP contribution in [0.5, 0.6) is 11.5 Å². The highest BCUT2D eigenvalue weighted by Crippen LogP contribution is 2.19. The summed E-state index contributed by atoms with van der Waals surface area (Å²) in [5.74, 6) is 1.13. The fourth-order valence-corrected chi connectivity index (χ4v) is 2.56. The number of ether oxygens (including phenoxy) is 1. The quantitative estimate of drug-likeness (QED) is 0.679. The van der Waals surface area contributed by atoms with Gasteiger partial charge in [-0.25, -0.2) is 0 Å². The van der Waals surface area contributed by atoms with Gasteiger partial charge in [-0.15, -0.1) is 0 Å². The number of phenols is 1. The van der Waals surface area contributed by atoms with E-state index in [0.717, 1.165) is 16.9 Å². The van der Waals surface area contributed by atoms with Crippen molar-refractivity contribution in [2.75, 3.05) is 0 Å². The van der Waals surface area contributed by atoms with Crippen LogP contribution in [0.4, 0.5) is 0 Å². The van der Waals surface area contributed by atoms with E-state index in [4.69, 9.17) is 4.74 Å². The third-order valence-electron chi connectivity index (χ3n) is 4.03. The number of rotatable bonds is 7. The second kappa shape index (κ2) is 8.31. The van der Waals surface area contributed by atoms with Crippen LogP contribution in [0.1, 0.15) is 29.7 Å². The van der Waals surface area contributed by atoms with Crippen LogP contribution in [0.2, 0.25) is 0 Å². The number of nitrogens with one attached hydrogen (secondary N) is 1. The van der Waals surface area contributed by atoms with E-state index >= 15 is 0 Å². The van der Waals surface area contributed by atoms with Crippen LogP contribution in [0.25, 0.3) is 0 Å². The van der Waals surface area contributed by atoms with Gasteiger partial charge in [0.05, 0.1) is 0 Å². The Morgan fingerprint density at radius 3 is 2.56 bits per heavy atom. The largest absolute Gasteiger partial charge is 0.508 e. The summed E-state index contributed by atoms with van der Waals surface area (Å²) in [7, 11) is 0. The van der Waals surface area contributed by atoms with Gasteiger partial charge >= 0.3 is 0 Å². The number of aromatic nitrogens is 1. The SMILES string of the molecule is C[C@@H](NCc1cccc(O)c1)c1ccc(OCc2cccnc2)cc1. The minimum atomic E-state index is 0.203. The van der Waals surface area contributed by atoms with Gasteiger partial charge in [0.2, 0.25) is 0 Å². The standard InChI is InChI=1S/C21H22N2O2/c1-16(23-14-17-4-2-6-20(24)12-17)19-7-9-21(10-8-19)25-15-18-5-3-11-22-13-18/h2-13,16,23-24H,14-15H2,1H3/t16-/m1/s1. The maximum absolute atomic E-state index is 9.51. The first kappa shape index (κ1) is 17.0. The van der Waals surface area contributed by atoms with Crippen LogP contribution in [0, 0.1) is 0 Å². The van der Waals surface area contributed by atoms with Crippen molar-refractivity contribution in [2.24, 2.45) is 0 Å². The van der Waals surface area contributed by atoms with Crippen molar-refractivity contribution in [3.05, 3.63) is 89.7 Å². The van der Waals surface area contributed by atoms with Gasteiger partial charge in [0.25, 0.3) is 0 Å². The highest BCUT2D eigenvalue weighted by atomic mass is 16.5. The van der Waals surface area contributed by atoms with Crippen LogP contribution in [0.15, 0.2) is 73.1 Å². The van der Waals surface area contributed by atoms with E-state index < -0.39 is 0 Å². The number of aromatic hydroxyl groups is 1. The van der Waals surface area contributed by atoms with Gasteiger partial charge in [-0.05, 0) is 48.4 Å². The Kier molecular flexibility index (Phi) is 5.65. The maximum atomic E-state index is 9.51. The van der Waals surface area contributed by atoms with Crippen molar-refractivity contribution in [2.45, 2.75) is 26.1 Å². The molecule has 3 rings (SSSR count). The molecule has 0 bridgehead atoms. The fourth-order valence-electron chi connectivity index (χ4n) is 2.56. The molecule has 0 aliphatic heterocycles. The molecule has 0 radical (unpaired) electrons. The van der Waals surface area contributed by atoms with E-state index in [1.807, 2.05) is 42.6 Å². The van der Waals surface area contributed by atoms with Gasteiger partial charge in [-0.2, -0.15) is 0 Å². The van der Waals surface area contributed by atoms with E-state index in [9.17, 15) is 5.11 Å². The second-order valence-corrected chi connectivity index (χ2v) is 5.99. The lowest BCUT2D eigenvalue weighted by atomic mass is 10.1. The Balaban J connectivity index is 1.52. The molecular formula is C21H22N2O2. The molecule has 0 amide bonds. The van der Waals surface area contributed by atoms with Crippen molar-refractivity contribution in [3.8, 4) is 11.5 Å². The molecule has 1 heterocycles. The zero-order chi connectivity index (χ0) is 17.5. The van der Waals surface area contributed by atoms with Gasteiger partial charge in [-0.3, -0.25) is 4.98 Å². The first-order valence-corrected chi connectivity index (χ1v) is 8.33. The molecule has 0 unspecified atom stereocenters. The molecule has 128 valence electrons. The van der Waals surface area contributed by atoms with E-state index in [2.05, 4.69) is 29.4 Å². The van der Waals surface area contributed by atoms with Crippen LogP contribution < -0.4 is 10.1 Å². The minimum Gasteiger partial charge on any atom is -0.508 e. The fraction of sp³-hybridized carbons (Fsp3) is 0.190. The van der Waals surface area contributed by atoms with Crippen molar-refractivity contribution in [1.82, 2.24) is 10.3 Å². The molecule has 4 nitrogen and oxygen atoms in total. The average Bonchev–Trinajstić information content (AvgIpc) is 2.66. The molecule has 0 saturated carbocycles. The smallest absolute Gasteiger partial charge is 0.119 e. The first-order valence-electron chi connectivity index (χ1n) is 8.33. The zero-order valence-corrected chi connectivity index (χ0v) is 14.2. The van der Waals surface area contributed by atoms with E-state index in [-0.39, 0.29) is 6.04 Å². The third kappa shape index (κ3) is 5.06. The van der Waals surface area contributed by atoms with Crippen molar-refractivity contribution in [1.29, 1.82) is 0 Å². The molecular weight excluding hydrogens is 312 g/mol. The topological polar surface area (TPSA) is 54.4 Å². The number of pyridine rings is 1. The van der Waals surface area contributed by atoms with Gasteiger partial charge in [0, 0.05) is 30.5 Å². The molecule has 0 fully saturated rings. The van der Waals surface area contributed by atoms with Crippen LogP contribution in [-0.4, -0.2) is 10.1 Å². The number of hydrogen-bond acceptors (Lipinski definition) is 4. The Labute approximate surface area is 148 Å². The molecule has 4 heteroatoms. The predicted octanol–water partition coefficient (Wildman–Crippen LogP) is 4.22. The van der Waals surface area contributed by atoms with E-state index in [1.54, 1.807) is 18.3 Å². The summed E-state index contributed by atoms with van der Waals surface area (Å²) in [6.07, 6.45) is 3.56. The molecule has 2 N–H and O–H groups in total. The summed E-state index contributed by atoms with van der Waals surface area (Å²) in [6, 6.07) is 19.5. The minimum absolute atomic E-state index is 0.203. The van der Waals surface area contributed by atoms with Crippen molar-refractivity contribution in [3.63, 3.8) is 0 Å². The van der Waals surface area contributed by atoms with Gasteiger partial charge in [-0.1, -0.05) is 30.3 Å². The van der Waals surface area contributed by atoms with E-state index in [1.165, 1.54) is 5.56 Å². The number of phenolic OH excluding ortho intramolecular Hbond substituents is 1. The molecule has 2 aromatic carbocycles. The lowest BCUT2D eigenvalue weighted by Crippen LogP contribution is -2.17. The predicted molar refractivity (Wildman–Crippen MR) is 98.4 cm³/mol. The van der Waals surface area contributed by atoms with Gasteiger partial charge in [0.15, 0.2) is 0 Å². The molecule has 0 aliphatic carbocycles. The van der Waals surface area contributed by atoms with Crippen molar-refractivity contribution < 1.29 is 9.84 Å². The van der Waals surface area contributed by atoms with Gasteiger partial charge < -0.3 is 15.2 Å². The Morgan fingerprint density at radius 1 is 1.04 bits per heavy atom. The third-order valence-corrected chi connectivity index (χ3v) is 4.03. The summed E-state index contributed by atoms with van der Waals surface area (Å²) in [6.45, 7) is 3.33. The summed E-state index contributed by atoms with van der Waals surface area (Å²) in [5.41, 5.74) is 3.30. The molecule has 1 aromatic heterocycles. The van der Waals surface area contributed by atoms with Gasteiger partial charge in [0.1, 0.15) is 18.1 Å². The van der Waals surface area contributed by atoms with Crippen LogP contribution >= 0.6 is 0 Å². The molecule has 25 heavy (non-hydrogen) atoms. The molecule has 1 atom stereocenters. The monoisotopic (exact) mass is 334 g/mol. The number of hydrogen-bond donors (Lipinski definition) is 2. The molecule has 0 aliphatic rings. The first-order chi connectivity index (χ1) is 12.2. The number of benzene rings is 2. The molecule has 3 aromatic rings. The second-order valence-electron chi connectivity index (χ2n) is 5.99. The summed E-state index contributed by atoms with van der Waals surface area (Å²) < 4.78 is 5.78. The lowest BCUT2D eigenvalue weighted by Gasteiger charge is -2.15. The summed E-state index contributed by atoms with van der Waals surface area (Å²) in [4.78, 5) is 4.08. The Bertz CT molecular complexity index is 789. The summed E-state index contributed by atoms with van der Waals surface area (Å²) in [5, 5.41) is 13.0. The normalized spacial score (nSPS) is 11.9.